The molecule has 0 aromatic carbocycles. The van der Waals surface area contributed by atoms with Crippen molar-refractivity contribution in [2.24, 2.45) is 0 Å². The zero-order valence-electron chi connectivity index (χ0n) is 7.51. The maximum atomic E-state index is 5.36. The first-order valence-corrected chi connectivity index (χ1v) is 4.87. The molecule has 0 aliphatic heterocycles. The molecule has 0 radical (unpaired) electrons. The summed E-state index contributed by atoms with van der Waals surface area (Å²) in [4.78, 5) is 2.18. The molecule has 68 valence electrons. The smallest absolute Gasteiger partial charge is 0.169 e. The topological polar surface area (TPSA) is 16.4 Å². The quantitative estimate of drug-likeness (QED) is 0.793. The van der Waals surface area contributed by atoms with Crippen LogP contribution in [0.25, 0.3) is 0 Å². The van der Waals surface area contributed by atoms with Gasteiger partial charge in [-0.3, -0.25) is 0 Å². The highest BCUT2D eigenvalue weighted by Gasteiger charge is 1.99. The van der Waals surface area contributed by atoms with Crippen LogP contribution in [0.15, 0.2) is 21.2 Å². The molecule has 0 fully saturated rings. The molecule has 1 aromatic rings. The molecule has 0 bridgehead atoms. The van der Waals surface area contributed by atoms with Crippen LogP contribution in [0.1, 0.15) is 12.2 Å². The van der Waals surface area contributed by atoms with Gasteiger partial charge in [-0.05, 0) is 55.1 Å². The second-order valence-electron chi connectivity index (χ2n) is 3.11. The number of nitrogens with zero attached hydrogens (tertiary/aromatic N) is 1. The predicted molar refractivity (Wildman–Crippen MR) is 53.3 cm³/mol. The van der Waals surface area contributed by atoms with Gasteiger partial charge in [-0.25, -0.2) is 0 Å². The lowest BCUT2D eigenvalue weighted by Gasteiger charge is -2.07. The van der Waals surface area contributed by atoms with Crippen LogP contribution in [0.3, 0.4) is 0 Å². The van der Waals surface area contributed by atoms with Gasteiger partial charge in [-0.2, -0.15) is 0 Å². The predicted octanol–water partition coefficient (Wildman–Crippen LogP) is 2.54. The van der Waals surface area contributed by atoms with Crippen molar-refractivity contribution < 1.29 is 4.42 Å². The van der Waals surface area contributed by atoms with Gasteiger partial charge in [0.1, 0.15) is 5.76 Å². The van der Waals surface area contributed by atoms with E-state index >= 15 is 0 Å². The number of hydrogen-bond donors (Lipinski definition) is 0. The number of aryl methyl sites for hydroxylation is 1. The Morgan fingerprint density at radius 3 is 2.67 bits per heavy atom. The van der Waals surface area contributed by atoms with E-state index in [2.05, 4.69) is 34.9 Å². The molecule has 12 heavy (non-hydrogen) atoms. The van der Waals surface area contributed by atoms with E-state index in [1.807, 2.05) is 12.1 Å². The zero-order valence-corrected chi connectivity index (χ0v) is 9.10. The molecule has 0 aliphatic carbocycles. The van der Waals surface area contributed by atoms with E-state index in [-0.39, 0.29) is 0 Å². The normalized spacial score (nSPS) is 11.0. The fourth-order valence-electron chi connectivity index (χ4n) is 1.06. The molecule has 0 amide bonds. The minimum absolute atomic E-state index is 0.822. The number of rotatable bonds is 4. The molecule has 2 nitrogen and oxygen atoms in total. The van der Waals surface area contributed by atoms with Crippen molar-refractivity contribution in [2.75, 3.05) is 20.6 Å². The Balaban J connectivity index is 2.24. The highest BCUT2D eigenvalue weighted by Crippen LogP contribution is 2.15. The molecule has 1 rings (SSSR count). The molecule has 3 heteroatoms. The summed E-state index contributed by atoms with van der Waals surface area (Å²) in [6.45, 7) is 1.11. The van der Waals surface area contributed by atoms with Crippen LogP contribution in [0.5, 0.6) is 0 Å². The second kappa shape index (κ2) is 4.67. The van der Waals surface area contributed by atoms with E-state index < -0.39 is 0 Å². The SMILES string of the molecule is CN(C)CCCc1ccc(Br)o1. The first-order chi connectivity index (χ1) is 5.68. The van der Waals surface area contributed by atoms with Gasteiger partial charge in [0.2, 0.25) is 0 Å². The summed E-state index contributed by atoms with van der Waals surface area (Å²) >= 11 is 3.28. The fourth-order valence-corrected chi connectivity index (χ4v) is 1.40. The van der Waals surface area contributed by atoms with Crippen molar-refractivity contribution >= 4 is 15.9 Å². The van der Waals surface area contributed by atoms with E-state index in [4.69, 9.17) is 4.42 Å². The van der Waals surface area contributed by atoms with Crippen LogP contribution in [0.2, 0.25) is 0 Å². The largest absolute Gasteiger partial charge is 0.454 e. The summed E-state index contributed by atoms with van der Waals surface area (Å²) < 4.78 is 6.19. The molecule has 1 heterocycles. The van der Waals surface area contributed by atoms with Gasteiger partial charge in [0.15, 0.2) is 4.67 Å². The van der Waals surface area contributed by atoms with Crippen molar-refractivity contribution in [1.29, 1.82) is 0 Å². The summed E-state index contributed by atoms with van der Waals surface area (Å²) in [6, 6.07) is 3.95. The number of furan rings is 1. The lowest BCUT2D eigenvalue weighted by Crippen LogP contribution is -2.13. The molecule has 0 saturated heterocycles. The molecular weight excluding hydrogens is 218 g/mol. The first kappa shape index (κ1) is 9.81. The highest BCUT2D eigenvalue weighted by atomic mass is 79.9. The minimum Gasteiger partial charge on any atom is -0.454 e. The van der Waals surface area contributed by atoms with Crippen molar-refractivity contribution in [1.82, 2.24) is 4.90 Å². The average molecular weight is 232 g/mol. The molecule has 0 unspecified atom stereocenters. The first-order valence-electron chi connectivity index (χ1n) is 4.07. The molecular formula is C9H14BrNO. The summed E-state index contributed by atoms with van der Waals surface area (Å²) in [5, 5.41) is 0. The monoisotopic (exact) mass is 231 g/mol. The fraction of sp³-hybridized carbons (Fsp3) is 0.556. The van der Waals surface area contributed by atoms with Crippen LogP contribution < -0.4 is 0 Å². The van der Waals surface area contributed by atoms with Gasteiger partial charge in [0, 0.05) is 6.42 Å². The molecule has 1 aromatic heterocycles. The summed E-state index contributed by atoms with van der Waals surface area (Å²) in [7, 11) is 4.16. The third-order valence-electron chi connectivity index (χ3n) is 1.66. The van der Waals surface area contributed by atoms with Gasteiger partial charge < -0.3 is 9.32 Å². The van der Waals surface area contributed by atoms with E-state index in [9.17, 15) is 0 Å². The third-order valence-corrected chi connectivity index (χ3v) is 2.08. The van der Waals surface area contributed by atoms with Crippen LogP contribution in [0, 0.1) is 0 Å². The third kappa shape index (κ3) is 3.41. The van der Waals surface area contributed by atoms with Crippen LogP contribution >= 0.6 is 15.9 Å². The van der Waals surface area contributed by atoms with E-state index in [0.29, 0.717) is 0 Å². The summed E-state index contributed by atoms with van der Waals surface area (Å²) in [5.74, 6) is 1.06. The lowest BCUT2D eigenvalue weighted by atomic mass is 10.2. The Morgan fingerprint density at radius 2 is 2.17 bits per heavy atom. The maximum absolute atomic E-state index is 5.36. The van der Waals surface area contributed by atoms with Crippen LogP contribution in [-0.2, 0) is 6.42 Å². The van der Waals surface area contributed by atoms with E-state index in [1.165, 1.54) is 0 Å². The molecule has 0 atom stereocenters. The van der Waals surface area contributed by atoms with Crippen LogP contribution in [0.4, 0.5) is 0 Å². The van der Waals surface area contributed by atoms with Crippen molar-refractivity contribution in [2.45, 2.75) is 12.8 Å². The molecule has 0 spiro atoms. The van der Waals surface area contributed by atoms with Gasteiger partial charge in [0.25, 0.3) is 0 Å². The molecule has 0 aliphatic rings. The Morgan fingerprint density at radius 1 is 1.42 bits per heavy atom. The highest BCUT2D eigenvalue weighted by molar-refractivity contribution is 9.10. The van der Waals surface area contributed by atoms with Crippen LogP contribution in [-0.4, -0.2) is 25.5 Å². The summed E-state index contributed by atoms with van der Waals surface area (Å²) in [5.41, 5.74) is 0. The van der Waals surface area contributed by atoms with Gasteiger partial charge in [0.05, 0.1) is 0 Å². The maximum Gasteiger partial charge on any atom is 0.169 e. The zero-order chi connectivity index (χ0) is 8.97. The van der Waals surface area contributed by atoms with E-state index in [1.54, 1.807) is 0 Å². The van der Waals surface area contributed by atoms with Gasteiger partial charge >= 0.3 is 0 Å². The Kier molecular flexibility index (Phi) is 3.82. The molecule has 0 N–H and O–H groups in total. The molecule has 0 saturated carbocycles. The number of hydrogen-bond acceptors (Lipinski definition) is 2. The Labute approximate surface area is 81.7 Å². The second-order valence-corrected chi connectivity index (χ2v) is 3.89. The number of halogens is 1. The van der Waals surface area contributed by atoms with Crippen molar-refractivity contribution in [3.8, 4) is 0 Å². The lowest BCUT2D eigenvalue weighted by molar-refractivity contribution is 0.387. The minimum atomic E-state index is 0.822. The standard InChI is InChI=1S/C9H14BrNO/c1-11(2)7-3-4-8-5-6-9(10)12-8/h5-6H,3-4,7H2,1-2H3. The van der Waals surface area contributed by atoms with Gasteiger partial charge in [-0.15, -0.1) is 0 Å². The van der Waals surface area contributed by atoms with Crippen molar-refractivity contribution in [3.63, 3.8) is 0 Å². The van der Waals surface area contributed by atoms with Crippen molar-refractivity contribution in [3.05, 3.63) is 22.6 Å². The Hall–Kier alpha value is -0.280. The summed E-state index contributed by atoms with van der Waals surface area (Å²) in [6.07, 6.45) is 2.16. The average Bonchev–Trinajstić information content (AvgIpc) is 2.35. The Bertz CT molecular complexity index is 232. The van der Waals surface area contributed by atoms with E-state index in [0.717, 1.165) is 29.8 Å². The van der Waals surface area contributed by atoms with Gasteiger partial charge in [-0.1, -0.05) is 0 Å².